The lowest BCUT2D eigenvalue weighted by Crippen LogP contribution is -2.40. The number of amides is 2. The van der Waals surface area contributed by atoms with Crippen molar-refractivity contribution < 1.29 is 9.59 Å². The zero-order chi connectivity index (χ0) is 17.6. The van der Waals surface area contributed by atoms with Gasteiger partial charge in [-0.05, 0) is 36.8 Å². The van der Waals surface area contributed by atoms with Gasteiger partial charge in [0, 0.05) is 36.8 Å². The molecule has 1 aliphatic heterocycles. The average Bonchev–Trinajstić information content (AvgIpc) is 3.24. The van der Waals surface area contributed by atoms with E-state index in [2.05, 4.69) is 38.0 Å². The van der Waals surface area contributed by atoms with Crippen LogP contribution >= 0.6 is 22.7 Å². The maximum Gasteiger partial charge on any atom is 0.270 e. The van der Waals surface area contributed by atoms with E-state index < -0.39 is 0 Å². The summed E-state index contributed by atoms with van der Waals surface area (Å²) in [5.74, 6) is 0.101. The van der Waals surface area contributed by atoms with Crippen molar-refractivity contribution in [1.29, 1.82) is 0 Å². The first-order valence-electron chi connectivity index (χ1n) is 8.36. The molecule has 0 bridgehead atoms. The molecular formula is C17H22N4O2S2. The van der Waals surface area contributed by atoms with Crippen molar-refractivity contribution in [1.82, 2.24) is 15.2 Å². The fourth-order valence-electron chi connectivity index (χ4n) is 3.00. The largest absolute Gasteiger partial charge is 0.350 e. The molecule has 1 atom stereocenters. The van der Waals surface area contributed by atoms with Gasteiger partial charge in [0.05, 0.1) is 0 Å². The van der Waals surface area contributed by atoms with E-state index in [1.54, 1.807) is 16.7 Å². The van der Waals surface area contributed by atoms with Crippen LogP contribution in [0.3, 0.4) is 0 Å². The molecule has 1 fully saturated rings. The summed E-state index contributed by atoms with van der Waals surface area (Å²) >= 11 is 3.05. The van der Waals surface area contributed by atoms with Crippen LogP contribution in [0.25, 0.3) is 0 Å². The van der Waals surface area contributed by atoms with Crippen LogP contribution in [0.4, 0.5) is 5.13 Å². The van der Waals surface area contributed by atoms with Crippen LogP contribution in [0.15, 0.2) is 22.9 Å². The van der Waals surface area contributed by atoms with Gasteiger partial charge in [0.1, 0.15) is 5.69 Å². The Morgan fingerprint density at radius 2 is 2.28 bits per heavy atom. The van der Waals surface area contributed by atoms with Gasteiger partial charge in [0.25, 0.3) is 5.91 Å². The van der Waals surface area contributed by atoms with Crippen molar-refractivity contribution in [2.24, 2.45) is 5.92 Å². The van der Waals surface area contributed by atoms with E-state index in [1.165, 1.54) is 23.1 Å². The number of piperidine rings is 1. The molecule has 1 saturated heterocycles. The predicted molar refractivity (Wildman–Crippen MR) is 101 cm³/mol. The maximum absolute atomic E-state index is 12.2. The summed E-state index contributed by atoms with van der Waals surface area (Å²) in [5.41, 5.74) is 0.361. The van der Waals surface area contributed by atoms with E-state index in [4.69, 9.17) is 0 Å². The molecule has 2 N–H and O–H groups in total. The highest BCUT2D eigenvalue weighted by Gasteiger charge is 2.21. The van der Waals surface area contributed by atoms with Crippen molar-refractivity contribution in [3.63, 3.8) is 0 Å². The molecule has 0 spiro atoms. The summed E-state index contributed by atoms with van der Waals surface area (Å²) in [5, 5.41) is 9.82. The third kappa shape index (κ3) is 5.35. The molecule has 2 aromatic heterocycles. The molecule has 3 rings (SSSR count). The Kier molecular flexibility index (Phi) is 6.17. The molecule has 0 aromatic carbocycles. The molecule has 3 heterocycles. The third-order valence-electron chi connectivity index (χ3n) is 4.13. The minimum atomic E-state index is -0.186. The summed E-state index contributed by atoms with van der Waals surface area (Å²) in [6, 6.07) is 4.26. The average molecular weight is 379 g/mol. The van der Waals surface area contributed by atoms with Gasteiger partial charge in [-0.1, -0.05) is 6.07 Å². The summed E-state index contributed by atoms with van der Waals surface area (Å²) in [7, 11) is 0. The molecule has 0 radical (unpaired) electrons. The number of hydrogen-bond donors (Lipinski definition) is 2. The zero-order valence-electron chi connectivity index (χ0n) is 14.2. The molecule has 0 saturated carbocycles. The highest BCUT2D eigenvalue weighted by Crippen LogP contribution is 2.20. The number of rotatable bonds is 6. The fraction of sp³-hybridized carbons (Fsp3) is 0.471. The summed E-state index contributed by atoms with van der Waals surface area (Å²) in [6.07, 6.45) is 2.30. The van der Waals surface area contributed by atoms with Gasteiger partial charge in [-0.2, -0.15) is 0 Å². The zero-order valence-corrected chi connectivity index (χ0v) is 15.8. The molecule has 8 heteroatoms. The molecule has 134 valence electrons. The molecule has 0 aliphatic carbocycles. The van der Waals surface area contributed by atoms with Crippen LogP contribution in [0.2, 0.25) is 0 Å². The van der Waals surface area contributed by atoms with Gasteiger partial charge in [-0.15, -0.1) is 22.7 Å². The Labute approximate surface area is 155 Å². The first-order valence-corrected chi connectivity index (χ1v) is 10.1. The first-order chi connectivity index (χ1) is 12.1. The molecule has 25 heavy (non-hydrogen) atoms. The molecule has 6 nitrogen and oxygen atoms in total. The summed E-state index contributed by atoms with van der Waals surface area (Å²) < 4.78 is 0. The predicted octanol–water partition coefficient (Wildman–Crippen LogP) is 2.81. The lowest BCUT2D eigenvalue weighted by Gasteiger charge is -2.32. The standard InChI is InChI=1S/C17H22N4O2S2/c1-12(22)19-17-20-15(11-25-17)16(23)18-8-13-4-2-6-21(9-13)10-14-5-3-7-24-14/h3,5,7,11,13H,2,4,6,8-10H2,1H3,(H,18,23)(H,19,20,22). The van der Waals surface area contributed by atoms with Crippen LogP contribution in [0.1, 0.15) is 35.1 Å². The molecule has 2 amide bonds. The molecule has 1 aliphatic rings. The van der Waals surface area contributed by atoms with E-state index in [0.29, 0.717) is 23.3 Å². The van der Waals surface area contributed by atoms with E-state index in [-0.39, 0.29) is 11.8 Å². The van der Waals surface area contributed by atoms with E-state index in [0.717, 1.165) is 32.5 Å². The minimum absolute atomic E-state index is 0.178. The Morgan fingerprint density at radius 3 is 3.04 bits per heavy atom. The van der Waals surface area contributed by atoms with Crippen molar-refractivity contribution in [3.8, 4) is 0 Å². The van der Waals surface area contributed by atoms with E-state index in [9.17, 15) is 9.59 Å². The number of carbonyl (C=O) groups is 2. The van der Waals surface area contributed by atoms with Crippen LogP contribution in [0.5, 0.6) is 0 Å². The number of likely N-dealkylation sites (tertiary alicyclic amines) is 1. The van der Waals surface area contributed by atoms with Gasteiger partial charge in [0.15, 0.2) is 5.13 Å². The topological polar surface area (TPSA) is 74.3 Å². The van der Waals surface area contributed by atoms with Crippen LogP contribution < -0.4 is 10.6 Å². The summed E-state index contributed by atoms with van der Waals surface area (Å²) in [4.78, 5) is 31.2. The Morgan fingerprint density at radius 1 is 1.40 bits per heavy atom. The SMILES string of the molecule is CC(=O)Nc1nc(C(=O)NCC2CCCN(Cc3cccs3)C2)cs1. The van der Waals surface area contributed by atoms with Crippen molar-refractivity contribution >= 4 is 39.6 Å². The quantitative estimate of drug-likeness (QED) is 0.811. The molecular weight excluding hydrogens is 356 g/mol. The highest BCUT2D eigenvalue weighted by atomic mass is 32.1. The molecule has 2 aromatic rings. The number of nitrogens with zero attached hydrogens (tertiary/aromatic N) is 2. The van der Waals surface area contributed by atoms with Gasteiger partial charge in [0.2, 0.25) is 5.91 Å². The van der Waals surface area contributed by atoms with Crippen LogP contribution in [-0.4, -0.2) is 41.3 Å². The van der Waals surface area contributed by atoms with Crippen LogP contribution in [-0.2, 0) is 11.3 Å². The summed E-state index contributed by atoms with van der Waals surface area (Å²) in [6.45, 7) is 5.20. The molecule has 1 unspecified atom stereocenters. The lowest BCUT2D eigenvalue weighted by atomic mass is 9.98. The number of carbonyl (C=O) groups excluding carboxylic acids is 2. The second kappa shape index (κ2) is 8.55. The number of nitrogens with one attached hydrogen (secondary N) is 2. The lowest BCUT2D eigenvalue weighted by molar-refractivity contribution is -0.114. The third-order valence-corrected chi connectivity index (χ3v) is 5.75. The minimum Gasteiger partial charge on any atom is -0.350 e. The first kappa shape index (κ1) is 18.0. The number of hydrogen-bond acceptors (Lipinski definition) is 6. The normalized spacial score (nSPS) is 18.0. The number of anilines is 1. The van der Waals surface area contributed by atoms with Crippen molar-refractivity contribution in [2.45, 2.75) is 26.3 Å². The van der Waals surface area contributed by atoms with Crippen molar-refractivity contribution in [3.05, 3.63) is 33.5 Å². The Hall–Kier alpha value is -1.77. The number of aromatic nitrogens is 1. The Bertz CT molecular complexity index is 714. The number of thiophene rings is 1. The second-order valence-corrected chi connectivity index (χ2v) is 8.14. The number of thiazole rings is 1. The van der Waals surface area contributed by atoms with Gasteiger partial charge < -0.3 is 10.6 Å². The smallest absolute Gasteiger partial charge is 0.270 e. The maximum atomic E-state index is 12.2. The second-order valence-electron chi connectivity index (χ2n) is 6.25. The Balaban J connectivity index is 1.46. The van der Waals surface area contributed by atoms with Gasteiger partial charge in [-0.3, -0.25) is 14.5 Å². The van der Waals surface area contributed by atoms with E-state index in [1.807, 2.05) is 0 Å². The highest BCUT2D eigenvalue weighted by molar-refractivity contribution is 7.14. The van der Waals surface area contributed by atoms with Gasteiger partial charge in [-0.25, -0.2) is 4.98 Å². The fourth-order valence-corrected chi connectivity index (χ4v) is 4.48. The monoisotopic (exact) mass is 378 g/mol. The van der Waals surface area contributed by atoms with E-state index >= 15 is 0 Å². The van der Waals surface area contributed by atoms with Crippen molar-refractivity contribution in [2.75, 3.05) is 25.0 Å². The van der Waals surface area contributed by atoms with Crippen LogP contribution in [0, 0.1) is 5.92 Å². The van der Waals surface area contributed by atoms with Gasteiger partial charge >= 0.3 is 0 Å².